The number of ether oxygens (including phenoxy) is 1. The number of carbonyl (C=O) groups excluding carboxylic acids is 1. The third kappa shape index (κ3) is 7.21. The van der Waals surface area contributed by atoms with Gasteiger partial charge in [-0.05, 0) is 72.4 Å². The van der Waals surface area contributed by atoms with Gasteiger partial charge in [-0.3, -0.25) is 4.79 Å². The van der Waals surface area contributed by atoms with Gasteiger partial charge in [0, 0.05) is 36.3 Å². The molecule has 4 N–H and O–H groups in total. The molecule has 0 aliphatic heterocycles. The SMILES string of the molecule is CC(=O)Nc1cc(Oc2ccc3c(c2)C[C@@H](NC[C@H](O)c2cccc(Cl)c2)CC3)cc(C(=O)O)c1.Cl. The molecule has 1 amide bonds. The topological polar surface area (TPSA) is 108 Å². The third-order valence-corrected chi connectivity index (χ3v) is 6.18. The van der Waals surface area contributed by atoms with E-state index in [0.717, 1.165) is 30.4 Å². The first kappa shape index (κ1) is 27.5. The van der Waals surface area contributed by atoms with E-state index in [4.69, 9.17) is 16.3 Å². The second-order valence-electron chi connectivity index (χ2n) is 8.68. The zero-order valence-electron chi connectivity index (χ0n) is 19.7. The number of hydrogen-bond donors (Lipinski definition) is 4. The van der Waals surface area contributed by atoms with E-state index < -0.39 is 12.1 Å². The van der Waals surface area contributed by atoms with Crippen molar-refractivity contribution in [1.82, 2.24) is 5.32 Å². The highest BCUT2D eigenvalue weighted by atomic mass is 35.5. The van der Waals surface area contributed by atoms with Gasteiger partial charge in [0.25, 0.3) is 0 Å². The van der Waals surface area contributed by atoms with Gasteiger partial charge in [0.1, 0.15) is 11.5 Å². The fraction of sp³-hybridized carbons (Fsp3) is 0.259. The maximum Gasteiger partial charge on any atom is 0.335 e. The molecule has 0 bridgehead atoms. The first-order valence-corrected chi connectivity index (χ1v) is 11.8. The predicted molar refractivity (Wildman–Crippen MR) is 142 cm³/mol. The lowest BCUT2D eigenvalue weighted by molar-refractivity contribution is -0.114. The van der Waals surface area contributed by atoms with Gasteiger partial charge in [-0.15, -0.1) is 12.4 Å². The second kappa shape index (κ2) is 12.2. The fourth-order valence-corrected chi connectivity index (χ4v) is 4.47. The molecule has 0 saturated heterocycles. The second-order valence-corrected chi connectivity index (χ2v) is 9.12. The summed E-state index contributed by atoms with van der Waals surface area (Å²) in [6.07, 6.45) is 1.99. The molecule has 0 heterocycles. The lowest BCUT2D eigenvalue weighted by Gasteiger charge is -2.27. The highest BCUT2D eigenvalue weighted by molar-refractivity contribution is 6.30. The zero-order chi connectivity index (χ0) is 24.9. The van der Waals surface area contributed by atoms with Crippen molar-refractivity contribution in [2.45, 2.75) is 38.3 Å². The Kier molecular flexibility index (Phi) is 9.34. The summed E-state index contributed by atoms with van der Waals surface area (Å²) in [5.41, 5.74) is 3.53. The van der Waals surface area contributed by atoms with E-state index in [2.05, 4.69) is 10.6 Å². The van der Waals surface area contributed by atoms with Gasteiger partial charge in [0.05, 0.1) is 11.7 Å². The molecule has 1 aliphatic carbocycles. The number of aliphatic hydroxyl groups is 1. The largest absolute Gasteiger partial charge is 0.478 e. The van der Waals surface area contributed by atoms with Crippen molar-refractivity contribution in [3.8, 4) is 11.5 Å². The lowest BCUT2D eigenvalue weighted by Crippen LogP contribution is -2.37. The van der Waals surface area contributed by atoms with Gasteiger partial charge >= 0.3 is 5.97 Å². The number of carboxylic acid groups (broad SMARTS) is 1. The van der Waals surface area contributed by atoms with E-state index in [1.165, 1.54) is 24.6 Å². The first-order chi connectivity index (χ1) is 16.8. The number of carboxylic acids is 1. The monoisotopic (exact) mass is 530 g/mol. The molecule has 7 nitrogen and oxygen atoms in total. The van der Waals surface area contributed by atoms with Crippen molar-refractivity contribution in [1.29, 1.82) is 0 Å². The molecule has 4 rings (SSSR count). The summed E-state index contributed by atoms with van der Waals surface area (Å²) in [6.45, 7) is 1.78. The average molecular weight is 531 g/mol. The number of carbonyl (C=O) groups is 2. The van der Waals surface area contributed by atoms with Crippen LogP contribution in [0.5, 0.6) is 11.5 Å². The maximum atomic E-state index is 11.5. The predicted octanol–water partition coefficient (Wildman–Crippen LogP) is 5.39. The van der Waals surface area contributed by atoms with E-state index in [-0.39, 0.29) is 29.9 Å². The number of aryl methyl sites for hydroxylation is 1. The molecule has 0 radical (unpaired) electrons. The van der Waals surface area contributed by atoms with Crippen molar-refractivity contribution in [3.05, 3.63) is 87.9 Å². The smallest absolute Gasteiger partial charge is 0.335 e. The molecular formula is C27H28Cl2N2O5. The van der Waals surface area contributed by atoms with Gasteiger partial charge in [0.15, 0.2) is 0 Å². The van der Waals surface area contributed by atoms with Gasteiger partial charge in [-0.1, -0.05) is 29.8 Å². The summed E-state index contributed by atoms with van der Waals surface area (Å²) >= 11 is 6.03. The number of anilines is 1. The maximum absolute atomic E-state index is 11.5. The number of amides is 1. The number of rotatable bonds is 8. The number of aromatic carboxylic acids is 1. The van der Waals surface area contributed by atoms with Crippen LogP contribution in [0.2, 0.25) is 5.02 Å². The Balaban J connectivity index is 0.00000361. The van der Waals surface area contributed by atoms with Gasteiger partial charge in [-0.25, -0.2) is 4.79 Å². The van der Waals surface area contributed by atoms with Crippen LogP contribution in [-0.2, 0) is 17.6 Å². The minimum absolute atomic E-state index is 0. The molecule has 3 aromatic rings. The van der Waals surface area contributed by atoms with E-state index >= 15 is 0 Å². The Labute approximate surface area is 220 Å². The molecule has 0 fully saturated rings. The van der Waals surface area contributed by atoms with Crippen LogP contribution in [0.15, 0.2) is 60.7 Å². The summed E-state index contributed by atoms with van der Waals surface area (Å²) in [6, 6.07) is 17.7. The van der Waals surface area contributed by atoms with E-state index in [1.807, 2.05) is 30.3 Å². The molecule has 2 atom stereocenters. The minimum Gasteiger partial charge on any atom is -0.478 e. The summed E-state index contributed by atoms with van der Waals surface area (Å²) < 4.78 is 5.97. The Hall–Kier alpha value is -3.10. The van der Waals surface area contributed by atoms with Crippen LogP contribution >= 0.6 is 24.0 Å². The number of aliphatic hydroxyl groups excluding tert-OH is 1. The molecule has 0 spiro atoms. The number of halogens is 2. The van der Waals surface area contributed by atoms with Crippen LogP contribution in [0.25, 0.3) is 0 Å². The Morgan fingerprint density at radius 1 is 1.08 bits per heavy atom. The van der Waals surface area contributed by atoms with E-state index in [0.29, 0.717) is 28.8 Å². The summed E-state index contributed by atoms with van der Waals surface area (Å²) in [5.74, 6) is -0.504. The number of fused-ring (bicyclic) bond motifs is 1. The van der Waals surface area contributed by atoms with Gasteiger partial charge in [0.2, 0.25) is 5.91 Å². The lowest BCUT2D eigenvalue weighted by atomic mass is 9.88. The molecule has 9 heteroatoms. The van der Waals surface area contributed by atoms with Crippen LogP contribution in [0.4, 0.5) is 5.69 Å². The Morgan fingerprint density at radius 3 is 2.61 bits per heavy atom. The zero-order valence-corrected chi connectivity index (χ0v) is 21.2. The molecular weight excluding hydrogens is 503 g/mol. The normalized spacial score (nSPS) is 15.2. The first-order valence-electron chi connectivity index (χ1n) is 11.4. The molecule has 190 valence electrons. The van der Waals surface area contributed by atoms with Crippen LogP contribution in [0.1, 0.15) is 46.5 Å². The van der Waals surface area contributed by atoms with Crippen molar-refractivity contribution in [2.24, 2.45) is 0 Å². The van der Waals surface area contributed by atoms with Crippen molar-refractivity contribution < 1.29 is 24.5 Å². The molecule has 0 saturated carbocycles. The highest BCUT2D eigenvalue weighted by Crippen LogP contribution is 2.31. The van der Waals surface area contributed by atoms with Gasteiger partial charge < -0.3 is 25.6 Å². The van der Waals surface area contributed by atoms with Crippen LogP contribution < -0.4 is 15.4 Å². The summed E-state index contributed by atoms with van der Waals surface area (Å²) in [7, 11) is 0. The van der Waals surface area contributed by atoms with E-state index in [9.17, 15) is 19.8 Å². The quantitative estimate of drug-likeness (QED) is 0.311. The molecule has 0 unspecified atom stereocenters. The fourth-order valence-electron chi connectivity index (χ4n) is 4.27. The van der Waals surface area contributed by atoms with Crippen LogP contribution in [0, 0.1) is 0 Å². The van der Waals surface area contributed by atoms with Crippen LogP contribution in [0.3, 0.4) is 0 Å². The summed E-state index contributed by atoms with van der Waals surface area (Å²) in [4.78, 5) is 22.9. The van der Waals surface area contributed by atoms with Crippen molar-refractivity contribution in [2.75, 3.05) is 11.9 Å². The van der Waals surface area contributed by atoms with Crippen molar-refractivity contribution >= 4 is 41.6 Å². The average Bonchev–Trinajstić information content (AvgIpc) is 2.81. The van der Waals surface area contributed by atoms with E-state index in [1.54, 1.807) is 18.2 Å². The van der Waals surface area contributed by atoms with Gasteiger partial charge in [-0.2, -0.15) is 0 Å². The molecule has 36 heavy (non-hydrogen) atoms. The Bertz CT molecular complexity index is 1250. The molecule has 3 aromatic carbocycles. The Morgan fingerprint density at radius 2 is 1.89 bits per heavy atom. The molecule has 0 aromatic heterocycles. The number of hydrogen-bond acceptors (Lipinski definition) is 5. The highest BCUT2D eigenvalue weighted by Gasteiger charge is 2.20. The number of benzene rings is 3. The summed E-state index contributed by atoms with van der Waals surface area (Å²) in [5, 5.41) is 26.6. The number of nitrogens with one attached hydrogen (secondary N) is 2. The van der Waals surface area contributed by atoms with Crippen LogP contribution in [-0.4, -0.2) is 34.7 Å². The minimum atomic E-state index is -1.11. The van der Waals surface area contributed by atoms with Crippen molar-refractivity contribution in [3.63, 3.8) is 0 Å². The standard InChI is InChI=1S/C27H27ClN2O5.ClH/c1-16(31)30-23-11-20(27(33)34)13-25(14-23)35-24-8-6-17-5-7-22(10-19(17)12-24)29-15-26(32)18-3-2-4-21(28)9-18;/h2-4,6,8-9,11-14,22,26,29,32H,5,7,10,15H2,1H3,(H,30,31)(H,33,34);1H/t22-,26-;/m0./s1. The molecule has 1 aliphatic rings. The third-order valence-electron chi connectivity index (χ3n) is 5.95.